The first-order valence-electron chi connectivity index (χ1n) is 12.7. The van der Waals surface area contributed by atoms with Gasteiger partial charge in [0.1, 0.15) is 5.82 Å². The number of carbonyl (C=O) groups is 1. The van der Waals surface area contributed by atoms with Crippen LogP contribution >= 0.6 is 23.4 Å². The molecule has 0 bridgehead atoms. The maximum absolute atomic E-state index is 12.3. The summed E-state index contributed by atoms with van der Waals surface area (Å²) in [7, 11) is 3.98. The third-order valence-electron chi connectivity index (χ3n) is 6.33. The molecule has 3 aromatic rings. The first-order chi connectivity index (χ1) is 17.9. The molecule has 4 rings (SSSR count). The number of hydrogen-bond acceptors (Lipinski definition) is 7. The van der Waals surface area contributed by atoms with Crippen molar-refractivity contribution in [2.75, 3.05) is 63.2 Å². The summed E-state index contributed by atoms with van der Waals surface area (Å²) in [5.74, 6) is 1.69. The van der Waals surface area contributed by atoms with Gasteiger partial charge in [-0.3, -0.25) is 4.79 Å². The van der Waals surface area contributed by atoms with E-state index in [0.29, 0.717) is 12.1 Å². The lowest BCUT2D eigenvalue weighted by Crippen LogP contribution is -2.47. The second kappa shape index (κ2) is 13.1. The zero-order valence-electron chi connectivity index (χ0n) is 21.8. The predicted molar refractivity (Wildman–Crippen MR) is 154 cm³/mol. The number of aromatic nitrogens is 2. The molecule has 0 atom stereocenters. The fourth-order valence-corrected chi connectivity index (χ4v) is 5.23. The number of nitrogens with zero attached hydrogens (tertiary/aromatic N) is 5. The molecule has 1 amide bonds. The van der Waals surface area contributed by atoms with E-state index < -0.39 is 0 Å². The molecule has 1 aromatic heterocycles. The lowest BCUT2D eigenvalue weighted by molar-refractivity contribution is 0.0951. The Labute approximate surface area is 229 Å². The normalized spacial score (nSPS) is 13.8. The molecule has 0 saturated carbocycles. The summed E-state index contributed by atoms with van der Waals surface area (Å²) in [6.45, 7) is 7.13. The number of halogens is 1. The smallest absolute Gasteiger partial charge is 0.251 e. The van der Waals surface area contributed by atoms with E-state index in [1.54, 1.807) is 11.8 Å². The molecule has 1 aliphatic heterocycles. The molecule has 2 heterocycles. The van der Waals surface area contributed by atoms with Gasteiger partial charge in [0, 0.05) is 62.3 Å². The quantitative estimate of drug-likeness (QED) is 0.299. The number of nitrogens with one attached hydrogen (secondary N) is 1. The average molecular weight is 539 g/mol. The van der Waals surface area contributed by atoms with Gasteiger partial charge in [-0.05, 0) is 50.3 Å². The summed E-state index contributed by atoms with van der Waals surface area (Å²) in [6, 6.07) is 17.9. The molecule has 0 aliphatic carbocycles. The molecular formula is C28H35ClN6OS. The van der Waals surface area contributed by atoms with Crippen LogP contribution in [-0.4, -0.2) is 74.1 Å². The van der Waals surface area contributed by atoms with E-state index in [4.69, 9.17) is 21.6 Å². The molecular weight excluding hydrogens is 504 g/mol. The first-order valence-corrected chi connectivity index (χ1v) is 14.1. The molecule has 196 valence electrons. The van der Waals surface area contributed by atoms with Gasteiger partial charge in [-0.1, -0.05) is 54.6 Å². The minimum absolute atomic E-state index is 0.0423. The second-order valence-electron chi connectivity index (χ2n) is 9.32. The van der Waals surface area contributed by atoms with E-state index in [1.165, 1.54) is 0 Å². The van der Waals surface area contributed by atoms with E-state index >= 15 is 0 Å². The van der Waals surface area contributed by atoms with E-state index in [2.05, 4.69) is 34.2 Å². The van der Waals surface area contributed by atoms with Gasteiger partial charge in [0.05, 0.1) is 10.7 Å². The summed E-state index contributed by atoms with van der Waals surface area (Å²) in [5.41, 5.74) is 3.95. The van der Waals surface area contributed by atoms with E-state index in [9.17, 15) is 4.79 Å². The highest BCUT2D eigenvalue weighted by atomic mass is 35.5. The minimum atomic E-state index is -0.0423. The van der Waals surface area contributed by atoms with Crippen LogP contribution in [-0.2, 0) is 12.2 Å². The molecule has 2 aromatic carbocycles. The van der Waals surface area contributed by atoms with Crippen LogP contribution in [0.5, 0.6) is 0 Å². The monoisotopic (exact) mass is 538 g/mol. The number of aryl methyl sites for hydroxylation is 1. The molecule has 37 heavy (non-hydrogen) atoms. The highest BCUT2D eigenvalue weighted by Crippen LogP contribution is 2.28. The van der Waals surface area contributed by atoms with Crippen molar-refractivity contribution in [2.45, 2.75) is 24.3 Å². The number of carbonyl (C=O) groups excluding carboxylic acids is 1. The van der Waals surface area contributed by atoms with Crippen molar-refractivity contribution in [1.29, 1.82) is 0 Å². The van der Waals surface area contributed by atoms with Gasteiger partial charge in [0.15, 0.2) is 5.16 Å². The summed E-state index contributed by atoms with van der Waals surface area (Å²) in [6.07, 6.45) is 0.861. The standard InChI is InChI=1S/C28H35ClN6OS/c1-4-23-19-26(35-17-15-34(16-18-35)25-8-6-5-7-24(25)29)32-28(31-23)37-20-21-9-11-22(12-10-21)27(36)30-13-14-33(2)3/h5-12,19H,4,13-18,20H2,1-3H3,(H,30,36). The molecule has 1 saturated heterocycles. The molecule has 0 radical (unpaired) electrons. The largest absolute Gasteiger partial charge is 0.367 e. The average Bonchev–Trinajstić information content (AvgIpc) is 2.92. The molecule has 1 N–H and O–H groups in total. The number of piperazine rings is 1. The Morgan fingerprint density at radius 1 is 1.03 bits per heavy atom. The fourth-order valence-electron chi connectivity index (χ4n) is 4.15. The second-order valence-corrected chi connectivity index (χ2v) is 10.7. The van der Waals surface area contributed by atoms with Gasteiger partial charge >= 0.3 is 0 Å². The Balaban J connectivity index is 1.35. The van der Waals surface area contributed by atoms with Gasteiger partial charge in [-0.15, -0.1) is 0 Å². The summed E-state index contributed by atoms with van der Waals surface area (Å²) in [5, 5.41) is 4.53. The number of amides is 1. The van der Waals surface area contributed by atoms with E-state index in [0.717, 1.165) is 77.8 Å². The van der Waals surface area contributed by atoms with Gasteiger partial charge in [-0.25, -0.2) is 9.97 Å². The highest BCUT2D eigenvalue weighted by Gasteiger charge is 2.21. The van der Waals surface area contributed by atoms with E-state index in [1.807, 2.05) is 61.5 Å². The van der Waals surface area contributed by atoms with Gasteiger partial charge in [0.2, 0.25) is 0 Å². The minimum Gasteiger partial charge on any atom is -0.367 e. The van der Waals surface area contributed by atoms with Crippen molar-refractivity contribution < 1.29 is 4.79 Å². The maximum Gasteiger partial charge on any atom is 0.251 e. The van der Waals surface area contributed by atoms with Crippen LogP contribution in [0.1, 0.15) is 28.5 Å². The topological polar surface area (TPSA) is 64.6 Å². The number of likely N-dealkylation sites (N-methyl/N-ethyl adjacent to an activating group) is 1. The number of para-hydroxylation sites is 1. The Bertz CT molecular complexity index is 1180. The van der Waals surface area contributed by atoms with Crippen LogP contribution in [0.2, 0.25) is 5.02 Å². The van der Waals surface area contributed by atoms with Crippen LogP contribution in [0, 0.1) is 0 Å². The zero-order valence-corrected chi connectivity index (χ0v) is 23.4. The molecule has 1 aliphatic rings. The van der Waals surface area contributed by atoms with Crippen LogP contribution in [0.25, 0.3) is 0 Å². The van der Waals surface area contributed by atoms with Crippen molar-refractivity contribution in [3.05, 3.63) is 76.4 Å². The third kappa shape index (κ3) is 7.60. The van der Waals surface area contributed by atoms with Gasteiger partial charge in [-0.2, -0.15) is 0 Å². The number of rotatable bonds is 10. The third-order valence-corrected chi connectivity index (χ3v) is 7.57. The number of thioether (sulfide) groups is 1. The predicted octanol–water partition coefficient (Wildman–Crippen LogP) is 4.60. The Hall–Kier alpha value is -2.81. The van der Waals surface area contributed by atoms with Crippen LogP contribution in [0.3, 0.4) is 0 Å². The summed E-state index contributed by atoms with van der Waals surface area (Å²) >= 11 is 8.04. The zero-order chi connectivity index (χ0) is 26.2. The Kier molecular flexibility index (Phi) is 9.66. The Morgan fingerprint density at radius 2 is 1.73 bits per heavy atom. The molecule has 7 nitrogen and oxygen atoms in total. The van der Waals surface area contributed by atoms with E-state index in [-0.39, 0.29) is 5.91 Å². The Morgan fingerprint density at radius 3 is 2.41 bits per heavy atom. The van der Waals surface area contributed by atoms with Gasteiger partial charge in [0.25, 0.3) is 5.91 Å². The van der Waals surface area contributed by atoms with Crippen molar-refractivity contribution in [2.24, 2.45) is 0 Å². The lowest BCUT2D eigenvalue weighted by atomic mass is 10.1. The molecule has 0 spiro atoms. The fraction of sp³-hybridized carbons (Fsp3) is 0.393. The van der Waals surface area contributed by atoms with Crippen LogP contribution in [0.15, 0.2) is 59.8 Å². The molecule has 9 heteroatoms. The van der Waals surface area contributed by atoms with Crippen molar-refractivity contribution in [3.63, 3.8) is 0 Å². The highest BCUT2D eigenvalue weighted by molar-refractivity contribution is 7.98. The number of anilines is 2. The van der Waals surface area contributed by atoms with Crippen molar-refractivity contribution in [3.8, 4) is 0 Å². The van der Waals surface area contributed by atoms with Crippen molar-refractivity contribution >= 4 is 40.8 Å². The summed E-state index contributed by atoms with van der Waals surface area (Å²) < 4.78 is 0. The van der Waals surface area contributed by atoms with Crippen LogP contribution < -0.4 is 15.1 Å². The molecule has 1 fully saturated rings. The maximum atomic E-state index is 12.3. The first kappa shape index (κ1) is 27.2. The van der Waals surface area contributed by atoms with Gasteiger partial charge < -0.3 is 20.0 Å². The van der Waals surface area contributed by atoms with Crippen molar-refractivity contribution in [1.82, 2.24) is 20.2 Å². The van der Waals surface area contributed by atoms with Crippen LogP contribution in [0.4, 0.5) is 11.5 Å². The number of hydrogen-bond donors (Lipinski definition) is 1. The SMILES string of the molecule is CCc1cc(N2CCN(c3ccccc3Cl)CC2)nc(SCc2ccc(C(=O)NCCN(C)C)cc2)n1. The lowest BCUT2D eigenvalue weighted by Gasteiger charge is -2.37. The summed E-state index contributed by atoms with van der Waals surface area (Å²) in [4.78, 5) is 28.7. The number of benzene rings is 2. The molecule has 0 unspecified atom stereocenters.